The molecule has 0 aliphatic carbocycles. The Kier molecular flexibility index (Phi) is 6.22. The van der Waals surface area contributed by atoms with Crippen LogP contribution >= 0.6 is 11.5 Å². The lowest BCUT2D eigenvalue weighted by atomic mass is 10.1. The van der Waals surface area contributed by atoms with Crippen LogP contribution in [0.3, 0.4) is 0 Å². The van der Waals surface area contributed by atoms with Crippen molar-refractivity contribution in [3.8, 4) is 0 Å². The molecule has 116 valence electrons. The standard InChI is InChI=1S/C12H23N3O3S2/c1-5-9(6-2)15(7-8-18-3)12-10(20(4,16)17)11(13)14-19-12/h9H,5-8H2,1-4H3,(H2,13,14). The van der Waals surface area contributed by atoms with Crippen LogP contribution in [-0.2, 0) is 14.6 Å². The average Bonchev–Trinajstić information content (AvgIpc) is 2.76. The fraction of sp³-hybridized carbons (Fsp3) is 0.750. The number of nitrogens with two attached hydrogens (primary N) is 1. The van der Waals surface area contributed by atoms with Crippen LogP contribution in [0.5, 0.6) is 0 Å². The number of methoxy groups -OCH3 is 1. The van der Waals surface area contributed by atoms with Gasteiger partial charge in [-0.2, -0.15) is 4.37 Å². The number of ether oxygens (including phenoxy) is 1. The summed E-state index contributed by atoms with van der Waals surface area (Å²) in [5, 5.41) is 0.621. The van der Waals surface area contributed by atoms with Gasteiger partial charge in [-0.1, -0.05) is 13.8 Å². The van der Waals surface area contributed by atoms with E-state index >= 15 is 0 Å². The molecule has 1 heterocycles. The van der Waals surface area contributed by atoms with Crippen LogP contribution in [0.1, 0.15) is 26.7 Å². The van der Waals surface area contributed by atoms with Crippen LogP contribution in [0.15, 0.2) is 4.90 Å². The van der Waals surface area contributed by atoms with Crippen molar-refractivity contribution in [1.82, 2.24) is 4.37 Å². The summed E-state index contributed by atoms with van der Waals surface area (Å²) in [7, 11) is -1.77. The Morgan fingerprint density at radius 2 is 2.00 bits per heavy atom. The number of nitrogen functional groups attached to an aromatic ring is 1. The molecule has 0 amide bonds. The lowest BCUT2D eigenvalue weighted by Crippen LogP contribution is -2.37. The van der Waals surface area contributed by atoms with Gasteiger partial charge in [-0.25, -0.2) is 8.42 Å². The summed E-state index contributed by atoms with van der Waals surface area (Å²) in [5.74, 6) is 0.0841. The van der Waals surface area contributed by atoms with Crippen molar-refractivity contribution in [1.29, 1.82) is 0 Å². The molecule has 2 N–H and O–H groups in total. The van der Waals surface area contributed by atoms with Gasteiger partial charge in [0.2, 0.25) is 0 Å². The zero-order chi connectivity index (χ0) is 15.3. The fourth-order valence-electron chi connectivity index (χ4n) is 2.19. The molecule has 0 bridgehead atoms. The number of anilines is 2. The predicted octanol–water partition coefficient (Wildman–Crippen LogP) is 1.77. The van der Waals surface area contributed by atoms with Gasteiger partial charge in [-0.15, -0.1) is 0 Å². The topological polar surface area (TPSA) is 85.5 Å². The van der Waals surface area contributed by atoms with E-state index in [0.717, 1.165) is 30.6 Å². The minimum atomic E-state index is -3.40. The van der Waals surface area contributed by atoms with Crippen molar-refractivity contribution < 1.29 is 13.2 Å². The highest BCUT2D eigenvalue weighted by Crippen LogP contribution is 2.36. The van der Waals surface area contributed by atoms with Gasteiger partial charge >= 0.3 is 0 Å². The Morgan fingerprint density at radius 3 is 2.45 bits per heavy atom. The third-order valence-electron chi connectivity index (χ3n) is 3.21. The van der Waals surface area contributed by atoms with E-state index in [1.807, 2.05) is 4.90 Å². The van der Waals surface area contributed by atoms with Crippen LogP contribution in [0, 0.1) is 0 Å². The van der Waals surface area contributed by atoms with Crippen molar-refractivity contribution in [2.75, 3.05) is 37.2 Å². The zero-order valence-electron chi connectivity index (χ0n) is 12.4. The van der Waals surface area contributed by atoms with Crippen molar-refractivity contribution in [3.05, 3.63) is 0 Å². The third-order valence-corrected chi connectivity index (χ3v) is 5.38. The van der Waals surface area contributed by atoms with Crippen LogP contribution in [0.2, 0.25) is 0 Å². The maximum atomic E-state index is 11.9. The van der Waals surface area contributed by atoms with Crippen molar-refractivity contribution in [3.63, 3.8) is 0 Å². The molecule has 0 atom stereocenters. The second-order valence-corrected chi connectivity index (χ2v) is 7.34. The zero-order valence-corrected chi connectivity index (χ0v) is 14.1. The van der Waals surface area contributed by atoms with E-state index in [9.17, 15) is 8.42 Å². The number of nitrogens with zero attached hydrogens (tertiary/aromatic N) is 2. The molecule has 1 aromatic rings. The van der Waals surface area contributed by atoms with E-state index in [-0.39, 0.29) is 16.8 Å². The van der Waals surface area contributed by atoms with Crippen LogP contribution in [0.4, 0.5) is 10.8 Å². The Bertz CT molecular complexity index is 524. The SMILES string of the molecule is CCC(CC)N(CCOC)c1snc(N)c1S(C)(=O)=O. The number of hydrogen-bond acceptors (Lipinski definition) is 7. The molecular weight excluding hydrogens is 298 g/mol. The second kappa shape index (κ2) is 7.24. The van der Waals surface area contributed by atoms with Crippen molar-refractivity contribution in [2.24, 2.45) is 0 Å². The second-order valence-electron chi connectivity index (χ2n) is 4.63. The monoisotopic (exact) mass is 321 g/mol. The average molecular weight is 321 g/mol. The minimum absolute atomic E-state index is 0.0841. The molecule has 20 heavy (non-hydrogen) atoms. The number of aromatic nitrogens is 1. The number of rotatable bonds is 8. The summed E-state index contributed by atoms with van der Waals surface area (Å²) < 4.78 is 33.0. The molecule has 6 nitrogen and oxygen atoms in total. The highest BCUT2D eigenvalue weighted by molar-refractivity contribution is 7.91. The van der Waals surface area contributed by atoms with Gasteiger partial charge in [-0.05, 0) is 24.4 Å². The molecule has 0 radical (unpaired) electrons. The lowest BCUT2D eigenvalue weighted by Gasteiger charge is -2.31. The molecule has 0 aliphatic rings. The molecule has 8 heteroatoms. The normalized spacial score (nSPS) is 12.1. The summed E-state index contributed by atoms with van der Waals surface area (Å²) in [5.41, 5.74) is 5.74. The third kappa shape index (κ3) is 3.83. The molecule has 0 saturated carbocycles. The van der Waals surface area contributed by atoms with E-state index in [1.54, 1.807) is 7.11 Å². The number of hydrogen-bond donors (Lipinski definition) is 1. The van der Waals surface area contributed by atoms with Crippen molar-refractivity contribution >= 4 is 32.2 Å². The van der Waals surface area contributed by atoms with E-state index in [1.165, 1.54) is 0 Å². The summed E-state index contributed by atoms with van der Waals surface area (Å²) >= 11 is 1.14. The quantitative estimate of drug-likeness (QED) is 0.785. The first-order valence-corrected chi connectivity index (χ1v) is 9.24. The summed E-state index contributed by atoms with van der Waals surface area (Å²) in [6.07, 6.45) is 3.00. The highest BCUT2D eigenvalue weighted by Gasteiger charge is 2.28. The predicted molar refractivity (Wildman–Crippen MR) is 83.2 cm³/mol. The smallest absolute Gasteiger partial charge is 0.182 e. The van der Waals surface area contributed by atoms with Gasteiger partial charge in [0.25, 0.3) is 0 Å². The molecule has 0 saturated heterocycles. The first kappa shape index (κ1) is 17.2. The van der Waals surface area contributed by atoms with Crippen LogP contribution in [-0.4, -0.2) is 45.4 Å². The first-order valence-electron chi connectivity index (χ1n) is 6.57. The van der Waals surface area contributed by atoms with Gasteiger partial charge in [-0.3, -0.25) is 0 Å². The van der Waals surface area contributed by atoms with E-state index in [0.29, 0.717) is 18.2 Å². The van der Waals surface area contributed by atoms with E-state index in [4.69, 9.17) is 10.5 Å². The molecule has 1 rings (SSSR count). The van der Waals surface area contributed by atoms with Crippen molar-refractivity contribution in [2.45, 2.75) is 37.6 Å². The molecule has 0 spiro atoms. The van der Waals surface area contributed by atoms with Gasteiger partial charge in [0.05, 0.1) is 6.61 Å². The first-order chi connectivity index (χ1) is 9.36. The largest absolute Gasteiger partial charge is 0.383 e. The Labute approximate surface area is 125 Å². The molecule has 0 unspecified atom stereocenters. The van der Waals surface area contributed by atoms with Gasteiger partial charge < -0.3 is 15.4 Å². The van der Waals surface area contributed by atoms with E-state index in [2.05, 4.69) is 18.2 Å². The Morgan fingerprint density at radius 1 is 1.40 bits per heavy atom. The summed E-state index contributed by atoms with van der Waals surface area (Å²) in [4.78, 5) is 2.19. The molecule has 0 aliphatic heterocycles. The van der Waals surface area contributed by atoms with Gasteiger partial charge in [0.1, 0.15) is 9.90 Å². The highest BCUT2D eigenvalue weighted by atomic mass is 32.2. The van der Waals surface area contributed by atoms with Crippen LogP contribution in [0.25, 0.3) is 0 Å². The van der Waals surface area contributed by atoms with Crippen LogP contribution < -0.4 is 10.6 Å². The Balaban J connectivity index is 3.27. The summed E-state index contributed by atoms with van der Waals surface area (Å²) in [6.45, 7) is 5.31. The van der Waals surface area contributed by atoms with Gasteiger partial charge in [0, 0.05) is 26.0 Å². The molecule has 1 aromatic heterocycles. The number of sulfone groups is 1. The Hall–Kier alpha value is -0.860. The maximum absolute atomic E-state index is 11.9. The summed E-state index contributed by atoms with van der Waals surface area (Å²) in [6, 6.07) is 0.241. The maximum Gasteiger partial charge on any atom is 0.182 e. The molecule has 0 fully saturated rings. The fourth-order valence-corrected chi connectivity index (χ4v) is 4.48. The van der Waals surface area contributed by atoms with E-state index < -0.39 is 9.84 Å². The lowest BCUT2D eigenvalue weighted by molar-refractivity contribution is 0.202. The van der Waals surface area contributed by atoms with Gasteiger partial charge in [0.15, 0.2) is 15.7 Å². The molecule has 0 aromatic carbocycles. The minimum Gasteiger partial charge on any atom is -0.383 e. The molecular formula is C12H23N3O3S2.